The van der Waals surface area contributed by atoms with E-state index in [1.807, 2.05) is 6.07 Å². The van der Waals surface area contributed by atoms with Crippen LogP contribution in [0.5, 0.6) is 11.5 Å². The first-order chi connectivity index (χ1) is 15.6. The number of hydrogen-bond acceptors (Lipinski definition) is 7. The highest BCUT2D eigenvalue weighted by Crippen LogP contribution is 2.36. The molecule has 1 aliphatic carbocycles. The molecule has 10 heteroatoms. The maximum atomic E-state index is 14.2. The van der Waals surface area contributed by atoms with Gasteiger partial charge >= 0.3 is 0 Å². The van der Waals surface area contributed by atoms with Gasteiger partial charge in [-0.15, -0.1) is 10.2 Å². The van der Waals surface area contributed by atoms with Crippen molar-refractivity contribution in [1.82, 2.24) is 30.6 Å². The number of nitrogens with zero attached hydrogens (tertiary/aromatic N) is 5. The maximum Gasteiger partial charge on any atom is 0.206 e. The second-order valence-corrected chi connectivity index (χ2v) is 7.64. The quantitative estimate of drug-likeness (QED) is 0.409. The fourth-order valence-electron chi connectivity index (χ4n) is 3.25. The van der Waals surface area contributed by atoms with Gasteiger partial charge < -0.3 is 10.1 Å². The summed E-state index contributed by atoms with van der Waals surface area (Å²) in [5, 5.41) is 16.9. The minimum absolute atomic E-state index is 0.0870. The van der Waals surface area contributed by atoms with Crippen molar-refractivity contribution in [1.29, 1.82) is 0 Å². The Hall–Kier alpha value is -3.95. The summed E-state index contributed by atoms with van der Waals surface area (Å²) in [7, 11) is 0. The second kappa shape index (κ2) is 8.66. The molecule has 3 aromatic heterocycles. The number of ether oxygens (including phenoxy) is 1. The molecule has 162 valence electrons. The zero-order valence-electron chi connectivity index (χ0n) is 16.9. The van der Waals surface area contributed by atoms with Gasteiger partial charge in [0, 0.05) is 24.0 Å². The van der Waals surface area contributed by atoms with Gasteiger partial charge in [-0.2, -0.15) is 5.21 Å². The summed E-state index contributed by atoms with van der Waals surface area (Å²) in [6.45, 7) is 0. The Morgan fingerprint density at radius 2 is 1.94 bits per heavy atom. The van der Waals surface area contributed by atoms with Crippen LogP contribution in [0.4, 0.5) is 20.4 Å². The SMILES string of the molecule is Fc1ccc(Oc2cc(CCC3CC3)cnc2Nc2ccc(-c3nn[nH]n3)cn2)c(F)c1. The van der Waals surface area contributed by atoms with E-state index in [1.165, 1.54) is 18.9 Å². The minimum Gasteiger partial charge on any atom is -0.450 e. The summed E-state index contributed by atoms with van der Waals surface area (Å²) in [6, 6.07) is 8.53. The average molecular weight is 435 g/mol. The molecule has 0 unspecified atom stereocenters. The Labute approximate surface area is 182 Å². The van der Waals surface area contributed by atoms with Crippen LogP contribution in [-0.4, -0.2) is 30.6 Å². The third-order valence-electron chi connectivity index (χ3n) is 5.17. The topological polar surface area (TPSA) is 102 Å². The summed E-state index contributed by atoms with van der Waals surface area (Å²) >= 11 is 0. The number of nitrogens with one attached hydrogen (secondary N) is 2. The minimum atomic E-state index is -0.790. The molecule has 2 N–H and O–H groups in total. The zero-order valence-corrected chi connectivity index (χ0v) is 16.9. The van der Waals surface area contributed by atoms with Crippen LogP contribution in [0, 0.1) is 17.6 Å². The number of rotatable bonds is 8. The van der Waals surface area contributed by atoms with Crippen molar-refractivity contribution in [2.45, 2.75) is 25.7 Å². The molecule has 0 aliphatic heterocycles. The maximum absolute atomic E-state index is 14.2. The van der Waals surface area contributed by atoms with Gasteiger partial charge in [0.2, 0.25) is 5.82 Å². The molecule has 0 radical (unpaired) electrons. The van der Waals surface area contributed by atoms with Crippen LogP contribution >= 0.6 is 0 Å². The van der Waals surface area contributed by atoms with Gasteiger partial charge in [-0.3, -0.25) is 0 Å². The third-order valence-corrected chi connectivity index (χ3v) is 5.17. The highest BCUT2D eigenvalue weighted by molar-refractivity contribution is 5.63. The number of halogens is 2. The first-order valence-electron chi connectivity index (χ1n) is 10.2. The van der Waals surface area contributed by atoms with Crippen LogP contribution in [0.25, 0.3) is 11.4 Å². The van der Waals surface area contributed by atoms with Crippen molar-refractivity contribution in [2.24, 2.45) is 5.92 Å². The summed E-state index contributed by atoms with van der Waals surface area (Å²) in [5.74, 6) is 0.844. The van der Waals surface area contributed by atoms with Crippen molar-refractivity contribution in [3.8, 4) is 22.9 Å². The molecule has 1 aromatic carbocycles. The first-order valence-corrected chi connectivity index (χ1v) is 10.2. The van der Waals surface area contributed by atoms with Gasteiger partial charge in [-0.1, -0.05) is 12.8 Å². The lowest BCUT2D eigenvalue weighted by molar-refractivity contribution is 0.437. The van der Waals surface area contributed by atoms with E-state index in [0.29, 0.717) is 28.8 Å². The fourth-order valence-corrected chi connectivity index (χ4v) is 3.25. The molecule has 5 rings (SSSR count). The number of tetrazole rings is 1. The molecule has 4 aromatic rings. The molecule has 1 aliphatic rings. The summed E-state index contributed by atoms with van der Waals surface area (Å²) in [5.41, 5.74) is 1.68. The Balaban J connectivity index is 1.40. The van der Waals surface area contributed by atoms with Crippen molar-refractivity contribution < 1.29 is 13.5 Å². The lowest BCUT2D eigenvalue weighted by Gasteiger charge is -2.14. The molecule has 0 amide bonds. The largest absolute Gasteiger partial charge is 0.450 e. The van der Waals surface area contributed by atoms with Crippen molar-refractivity contribution in [3.05, 3.63) is 66.0 Å². The van der Waals surface area contributed by atoms with E-state index in [9.17, 15) is 8.78 Å². The third kappa shape index (κ3) is 4.69. The van der Waals surface area contributed by atoms with Crippen LogP contribution in [-0.2, 0) is 6.42 Å². The molecular formula is C22H19F2N7O. The molecule has 3 heterocycles. The number of anilines is 2. The van der Waals surface area contributed by atoms with Crippen LogP contribution in [0.1, 0.15) is 24.8 Å². The molecule has 1 saturated carbocycles. The van der Waals surface area contributed by atoms with E-state index in [2.05, 4.69) is 35.9 Å². The van der Waals surface area contributed by atoms with E-state index in [0.717, 1.165) is 36.5 Å². The Kier molecular flexibility index (Phi) is 5.40. The van der Waals surface area contributed by atoms with Crippen molar-refractivity contribution >= 4 is 11.6 Å². The summed E-state index contributed by atoms with van der Waals surface area (Å²) < 4.78 is 33.3. The number of benzene rings is 1. The summed E-state index contributed by atoms with van der Waals surface area (Å²) in [6.07, 6.45) is 7.84. The standard InChI is InChI=1S/C22H19F2N7O/c23-16-6-7-18(17(24)10-16)32-19-9-14(4-3-13-1-2-13)11-26-22(19)27-20-8-5-15(12-25-20)21-28-30-31-29-21/h5-13H,1-4H2,(H,25,26,27)(H,28,29,30,31). The van der Waals surface area contributed by atoms with Gasteiger partial charge in [0.1, 0.15) is 11.6 Å². The normalized spacial score (nSPS) is 13.2. The zero-order chi connectivity index (χ0) is 21.9. The van der Waals surface area contributed by atoms with E-state index in [-0.39, 0.29) is 5.75 Å². The molecule has 0 spiro atoms. The molecule has 0 atom stereocenters. The number of aryl methyl sites for hydroxylation is 1. The number of H-pyrrole nitrogens is 1. The van der Waals surface area contributed by atoms with Gasteiger partial charge in [0.15, 0.2) is 23.1 Å². The molecular weight excluding hydrogens is 416 g/mol. The Morgan fingerprint density at radius 1 is 1.03 bits per heavy atom. The monoisotopic (exact) mass is 435 g/mol. The lowest BCUT2D eigenvalue weighted by Crippen LogP contribution is -2.01. The van der Waals surface area contributed by atoms with Crippen LogP contribution in [0.15, 0.2) is 48.8 Å². The molecule has 8 nitrogen and oxygen atoms in total. The van der Waals surface area contributed by atoms with Crippen LogP contribution < -0.4 is 10.1 Å². The predicted octanol–water partition coefficient (Wildman–Crippen LogP) is 4.81. The molecule has 32 heavy (non-hydrogen) atoms. The number of aromatic nitrogens is 6. The van der Waals surface area contributed by atoms with Gasteiger partial charge in [0.25, 0.3) is 0 Å². The molecule has 0 bridgehead atoms. The van der Waals surface area contributed by atoms with Gasteiger partial charge in [-0.05, 0) is 59.9 Å². The van der Waals surface area contributed by atoms with Crippen LogP contribution in [0.3, 0.4) is 0 Å². The predicted molar refractivity (Wildman–Crippen MR) is 112 cm³/mol. The van der Waals surface area contributed by atoms with Gasteiger partial charge in [-0.25, -0.2) is 18.7 Å². The smallest absolute Gasteiger partial charge is 0.206 e. The van der Waals surface area contributed by atoms with E-state index >= 15 is 0 Å². The number of pyridine rings is 2. The number of hydrogen-bond donors (Lipinski definition) is 2. The van der Waals surface area contributed by atoms with Crippen molar-refractivity contribution in [2.75, 3.05) is 5.32 Å². The highest BCUT2D eigenvalue weighted by atomic mass is 19.1. The Bertz CT molecular complexity index is 1210. The van der Waals surface area contributed by atoms with Crippen molar-refractivity contribution in [3.63, 3.8) is 0 Å². The first kappa shape index (κ1) is 20.0. The van der Waals surface area contributed by atoms with Gasteiger partial charge in [0.05, 0.1) is 0 Å². The summed E-state index contributed by atoms with van der Waals surface area (Å²) in [4.78, 5) is 8.82. The number of aromatic amines is 1. The van der Waals surface area contributed by atoms with E-state index in [4.69, 9.17) is 4.74 Å². The fraction of sp³-hybridized carbons (Fsp3) is 0.227. The highest BCUT2D eigenvalue weighted by Gasteiger charge is 2.21. The Morgan fingerprint density at radius 3 is 2.66 bits per heavy atom. The lowest BCUT2D eigenvalue weighted by atomic mass is 10.1. The van der Waals surface area contributed by atoms with Crippen LogP contribution in [0.2, 0.25) is 0 Å². The van der Waals surface area contributed by atoms with E-state index in [1.54, 1.807) is 24.5 Å². The second-order valence-electron chi connectivity index (χ2n) is 7.64. The average Bonchev–Trinajstić information content (AvgIpc) is 3.47. The molecule has 0 saturated heterocycles. The van der Waals surface area contributed by atoms with E-state index < -0.39 is 11.6 Å². The molecule has 1 fully saturated rings.